The molecule has 3 rings (SSSR count). The smallest absolute Gasteiger partial charge is 0.337 e. The zero-order valence-electron chi connectivity index (χ0n) is 14.7. The minimum absolute atomic E-state index is 0.000726. The Morgan fingerprint density at radius 1 is 1.00 bits per heavy atom. The number of carbonyl (C=O) groups is 2. The van der Waals surface area contributed by atoms with Crippen molar-refractivity contribution in [2.24, 2.45) is 0 Å². The molecule has 28 heavy (non-hydrogen) atoms. The summed E-state index contributed by atoms with van der Waals surface area (Å²) < 4.78 is 17.8. The van der Waals surface area contributed by atoms with Crippen LogP contribution < -0.4 is 10.6 Å². The summed E-state index contributed by atoms with van der Waals surface area (Å²) in [5, 5.41) is 5.69. The summed E-state index contributed by atoms with van der Waals surface area (Å²) >= 11 is 5.75. The number of anilines is 3. The molecule has 0 saturated heterocycles. The molecular weight excluding hydrogens is 385 g/mol. The Morgan fingerprint density at radius 2 is 1.68 bits per heavy atom. The van der Waals surface area contributed by atoms with Gasteiger partial charge in [0.15, 0.2) is 0 Å². The van der Waals surface area contributed by atoms with E-state index in [-0.39, 0.29) is 10.9 Å². The van der Waals surface area contributed by atoms with Crippen molar-refractivity contribution < 1.29 is 18.7 Å². The zero-order chi connectivity index (χ0) is 20.1. The van der Waals surface area contributed by atoms with Gasteiger partial charge in [-0.3, -0.25) is 4.79 Å². The summed E-state index contributed by atoms with van der Waals surface area (Å²) in [5.41, 5.74) is 1.83. The highest BCUT2D eigenvalue weighted by atomic mass is 35.5. The van der Waals surface area contributed by atoms with Crippen molar-refractivity contribution in [3.8, 4) is 0 Å². The molecule has 0 aliphatic rings. The lowest BCUT2D eigenvalue weighted by atomic mass is 10.2. The number of nitrogens with one attached hydrogen (secondary N) is 2. The van der Waals surface area contributed by atoms with E-state index in [1.54, 1.807) is 36.4 Å². The molecule has 8 heteroatoms. The third-order valence-corrected chi connectivity index (χ3v) is 4.07. The minimum atomic E-state index is -0.508. The Bertz CT molecular complexity index is 1010. The van der Waals surface area contributed by atoms with Gasteiger partial charge in [-0.05, 0) is 54.6 Å². The lowest BCUT2D eigenvalue weighted by molar-refractivity contribution is 0.0600. The zero-order valence-corrected chi connectivity index (χ0v) is 15.5. The molecule has 1 amide bonds. The molecule has 6 nitrogen and oxygen atoms in total. The first-order chi connectivity index (χ1) is 13.5. The second-order valence-corrected chi connectivity index (χ2v) is 6.12. The number of amides is 1. The predicted molar refractivity (Wildman–Crippen MR) is 105 cm³/mol. The highest BCUT2D eigenvalue weighted by molar-refractivity contribution is 6.31. The van der Waals surface area contributed by atoms with E-state index in [1.807, 2.05) is 0 Å². The molecule has 0 aliphatic carbocycles. The molecule has 142 valence electrons. The first-order valence-corrected chi connectivity index (χ1v) is 8.52. The van der Waals surface area contributed by atoms with E-state index in [0.717, 1.165) is 0 Å². The Kier molecular flexibility index (Phi) is 5.86. The number of halogens is 2. The number of pyridine rings is 1. The first-order valence-electron chi connectivity index (χ1n) is 8.14. The maximum Gasteiger partial charge on any atom is 0.337 e. The number of carbonyl (C=O) groups excluding carboxylic acids is 2. The van der Waals surface area contributed by atoms with E-state index in [9.17, 15) is 14.0 Å². The summed E-state index contributed by atoms with van der Waals surface area (Å²) in [6.45, 7) is 0. The molecule has 0 atom stereocenters. The van der Waals surface area contributed by atoms with E-state index in [4.69, 9.17) is 11.6 Å². The van der Waals surface area contributed by atoms with Crippen molar-refractivity contribution in [3.63, 3.8) is 0 Å². The molecule has 0 spiro atoms. The van der Waals surface area contributed by atoms with Crippen molar-refractivity contribution in [1.82, 2.24) is 4.98 Å². The van der Waals surface area contributed by atoms with Gasteiger partial charge in [0.25, 0.3) is 5.91 Å². The van der Waals surface area contributed by atoms with Crippen molar-refractivity contribution in [1.29, 1.82) is 0 Å². The topological polar surface area (TPSA) is 80.3 Å². The van der Waals surface area contributed by atoms with Crippen LogP contribution in [0.15, 0.2) is 60.8 Å². The van der Waals surface area contributed by atoms with Crippen molar-refractivity contribution in [2.75, 3.05) is 17.7 Å². The van der Waals surface area contributed by atoms with Gasteiger partial charge in [-0.2, -0.15) is 0 Å². The fraction of sp³-hybridized carbons (Fsp3) is 0.0500. The molecule has 0 aliphatic heterocycles. The normalized spacial score (nSPS) is 10.2. The van der Waals surface area contributed by atoms with Crippen LogP contribution in [0.2, 0.25) is 5.02 Å². The molecule has 1 heterocycles. The average Bonchev–Trinajstić information content (AvgIpc) is 2.71. The van der Waals surface area contributed by atoms with Gasteiger partial charge in [-0.15, -0.1) is 0 Å². The van der Waals surface area contributed by atoms with Crippen LogP contribution in [0.1, 0.15) is 20.7 Å². The molecule has 3 aromatic rings. The quantitative estimate of drug-likeness (QED) is 0.610. The Morgan fingerprint density at radius 3 is 2.29 bits per heavy atom. The molecule has 2 aromatic carbocycles. The number of methoxy groups -OCH3 is 1. The largest absolute Gasteiger partial charge is 0.465 e. The first kappa shape index (κ1) is 19.3. The van der Waals surface area contributed by atoms with E-state index < -0.39 is 11.8 Å². The lowest BCUT2D eigenvalue weighted by Crippen LogP contribution is -2.12. The standard InChI is InChI=1S/C20H15ClFN3O3/c1-28-20(27)12-2-5-14(6-3-12)25-19(26)13-4-9-18(23-11-13)24-15-7-8-17(22)16(21)10-15/h2-11H,1H3,(H,23,24)(H,25,26). The lowest BCUT2D eigenvalue weighted by Gasteiger charge is -2.08. The Labute approximate surface area is 165 Å². The van der Waals surface area contributed by atoms with Gasteiger partial charge < -0.3 is 15.4 Å². The molecule has 1 aromatic heterocycles. The summed E-state index contributed by atoms with van der Waals surface area (Å²) in [6.07, 6.45) is 1.41. The number of rotatable bonds is 5. The Balaban J connectivity index is 1.64. The van der Waals surface area contributed by atoms with Gasteiger partial charge in [0.2, 0.25) is 0 Å². The molecule has 0 fully saturated rings. The van der Waals surface area contributed by atoms with E-state index in [2.05, 4.69) is 20.4 Å². The number of hydrogen-bond acceptors (Lipinski definition) is 5. The number of esters is 1. The van der Waals surface area contributed by atoms with Gasteiger partial charge >= 0.3 is 5.97 Å². The van der Waals surface area contributed by atoms with Crippen molar-refractivity contribution >= 4 is 40.7 Å². The maximum atomic E-state index is 13.2. The summed E-state index contributed by atoms with van der Waals surface area (Å²) in [6, 6.07) is 13.8. The van der Waals surface area contributed by atoms with Crippen LogP contribution in [-0.4, -0.2) is 24.0 Å². The third-order valence-electron chi connectivity index (χ3n) is 3.78. The van der Waals surface area contributed by atoms with Crippen molar-refractivity contribution in [3.05, 3.63) is 82.8 Å². The van der Waals surface area contributed by atoms with Gasteiger partial charge in [0.1, 0.15) is 11.6 Å². The second kappa shape index (κ2) is 8.49. The van der Waals surface area contributed by atoms with Gasteiger partial charge in [0, 0.05) is 17.6 Å². The van der Waals surface area contributed by atoms with Gasteiger partial charge in [-0.25, -0.2) is 14.2 Å². The summed E-state index contributed by atoms with van der Waals surface area (Å²) in [5.74, 6) is -0.837. The number of aromatic nitrogens is 1. The number of hydrogen-bond donors (Lipinski definition) is 2. The summed E-state index contributed by atoms with van der Waals surface area (Å²) in [7, 11) is 1.30. The third kappa shape index (κ3) is 4.63. The molecule has 0 saturated carbocycles. The number of ether oxygens (including phenoxy) is 1. The van der Waals surface area contributed by atoms with Crippen LogP contribution >= 0.6 is 11.6 Å². The van der Waals surface area contributed by atoms with Crippen molar-refractivity contribution in [2.45, 2.75) is 0 Å². The van der Waals surface area contributed by atoms with E-state index >= 15 is 0 Å². The summed E-state index contributed by atoms with van der Waals surface area (Å²) in [4.78, 5) is 27.9. The van der Waals surface area contributed by atoms with Crippen LogP contribution in [-0.2, 0) is 4.74 Å². The molecule has 0 bridgehead atoms. The fourth-order valence-corrected chi connectivity index (χ4v) is 2.52. The van der Waals surface area contributed by atoms with Crippen LogP contribution in [0, 0.1) is 5.82 Å². The number of nitrogens with zero attached hydrogens (tertiary/aromatic N) is 1. The maximum absolute atomic E-state index is 13.2. The Hall–Kier alpha value is -3.45. The number of benzene rings is 2. The fourth-order valence-electron chi connectivity index (χ4n) is 2.33. The predicted octanol–water partition coefficient (Wildman–Crippen LogP) is 4.66. The molecule has 2 N–H and O–H groups in total. The van der Waals surface area contributed by atoms with Crippen LogP contribution in [0.25, 0.3) is 0 Å². The molecular formula is C20H15ClFN3O3. The van der Waals surface area contributed by atoms with Gasteiger partial charge in [-0.1, -0.05) is 11.6 Å². The van der Waals surface area contributed by atoms with Gasteiger partial charge in [0.05, 0.1) is 23.3 Å². The second-order valence-electron chi connectivity index (χ2n) is 5.71. The average molecular weight is 400 g/mol. The molecule has 0 unspecified atom stereocenters. The monoisotopic (exact) mass is 399 g/mol. The SMILES string of the molecule is COC(=O)c1ccc(NC(=O)c2ccc(Nc3ccc(F)c(Cl)c3)nc2)cc1. The van der Waals surface area contributed by atoms with Crippen LogP contribution in [0.4, 0.5) is 21.6 Å². The highest BCUT2D eigenvalue weighted by Crippen LogP contribution is 2.22. The van der Waals surface area contributed by atoms with Crippen LogP contribution in [0.5, 0.6) is 0 Å². The highest BCUT2D eigenvalue weighted by Gasteiger charge is 2.09. The molecule has 0 radical (unpaired) electrons. The van der Waals surface area contributed by atoms with E-state index in [0.29, 0.717) is 28.3 Å². The van der Waals surface area contributed by atoms with E-state index in [1.165, 1.54) is 31.5 Å². The minimum Gasteiger partial charge on any atom is -0.465 e. The van der Waals surface area contributed by atoms with Crippen LogP contribution in [0.3, 0.4) is 0 Å².